The van der Waals surface area contributed by atoms with Crippen molar-refractivity contribution in [3.8, 4) is 23.5 Å². The fraction of sp³-hybridized carbons (Fsp3) is 0.185. The second-order valence-corrected chi connectivity index (χ2v) is 8.88. The Morgan fingerprint density at radius 2 is 1.15 bits per heavy atom. The third-order valence-corrected chi connectivity index (χ3v) is 5.97. The molecule has 0 N–H and O–H groups in total. The first-order chi connectivity index (χ1) is 21.3. The maximum absolute atomic E-state index is 14.0. The van der Waals surface area contributed by atoms with Crippen molar-refractivity contribution in [1.82, 2.24) is 18.7 Å². The van der Waals surface area contributed by atoms with Gasteiger partial charge in [0.05, 0.1) is 22.5 Å². The van der Waals surface area contributed by atoms with Crippen molar-refractivity contribution in [3.63, 3.8) is 0 Å². The fourth-order valence-electron chi connectivity index (χ4n) is 3.96. The molecule has 4 rings (SSSR count). The molecule has 0 fully saturated rings. The number of nitrogens with zero attached hydrogens (tertiary/aromatic N) is 6. The lowest BCUT2D eigenvalue weighted by atomic mass is 10.2. The minimum atomic E-state index is -4.97. The lowest BCUT2D eigenvalue weighted by molar-refractivity contribution is -0.144. The van der Waals surface area contributed by atoms with Crippen LogP contribution in [-0.2, 0) is 18.9 Å². The van der Waals surface area contributed by atoms with E-state index >= 15 is 0 Å². The average molecular weight is 660 g/mol. The number of hydrogen-bond acceptors (Lipinski definition) is 6. The molecule has 0 atom stereocenters. The minimum absolute atomic E-state index is 0.0817. The molecule has 0 amide bonds. The number of aryl methyl sites for hydroxylation is 1. The van der Waals surface area contributed by atoms with Gasteiger partial charge in [0.1, 0.15) is 46.9 Å². The van der Waals surface area contributed by atoms with E-state index < -0.39 is 98.7 Å². The van der Waals surface area contributed by atoms with Gasteiger partial charge in [-0.25, -0.2) is 31.9 Å². The maximum atomic E-state index is 14.0. The van der Waals surface area contributed by atoms with Crippen LogP contribution in [0.2, 0.25) is 0 Å². The van der Waals surface area contributed by atoms with Crippen molar-refractivity contribution >= 4 is 0 Å². The van der Waals surface area contributed by atoms with E-state index in [4.69, 9.17) is 10.5 Å². The van der Waals surface area contributed by atoms with Crippen LogP contribution in [0.5, 0.6) is 0 Å². The Balaban J connectivity index is 0.000000251. The highest BCUT2D eigenvalue weighted by molar-refractivity contribution is 5.43. The Labute approximate surface area is 249 Å². The van der Waals surface area contributed by atoms with Crippen molar-refractivity contribution < 1.29 is 43.9 Å². The molecule has 0 saturated heterocycles. The molecule has 46 heavy (non-hydrogen) atoms. The molecule has 0 aliphatic carbocycles. The quantitative estimate of drug-likeness (QED) is 0.288. The number of hydrogen-bond donors (Lipinski definition) is 0. The van der Waals surface area contributed by atoms with Crippen molar-refractivity contribution in [2.45, 2.75) is 32.7 Å². The lowest BCUT2D eigenvalue weighted by Crippen LogP contribution is -2.42. The summed E-state index contributed by atoms with van der Waals surface area (Å²) in [6.07, 6.45) is -9.81. The topological polar surface area (TPSA) is 126 Å². The normalized spacial score (nSPS) is 11.3. The highest BCUT2D eigenvalue weighted by atomic mass is 19.4. The van der Waals surface area contributed by atoms with Crippen LogP contribution in [0.1, 0.15) is 35.3 Å². The molecular weight excluding hydrogens is 646 g/mol. The third kappa shape index (κ3) is 6.83. The Hall–Kier alpha value is -5.72. The van der Waals surface area contributed by atoms with E-state index in [1.165, 1.54) is 19.1 Å². The molecule has 0 aliphatic rings. The van der Waals surface area contributed by atoms with Crippen molar-refractivity contribution in [2.75, 3.05) is 0 Å². The van der Waals surface area contributed by atoms with E-state index in [0.29, 0.717) is 28.8 Å². The first-order valence-corrected chi connectivity index (χ1v) is 12.2. The Kier molecular flexibility index (Phi) is 9.61. The summed E-state index contributed by atoms with van der Waals surface area (Å²) in [5.74, 6) is -5.23. The van der Waals surface area contributed by atoms with Gasteiger partial charge < -0.3 is 0 Å². The molecule has 0 bridgehead atoms. The number of alkyl halides is 6. The van der Waals surface area contributed by atoms with Crippen LogP contribution in [0.4, 0.5) is 43.9 Å². The summed E-state index contributed by atoms with van der Waals surface area (Å²) in [5, 5.41) is 17.2. The summed E-state index contributed by atoms with van der Waals surface area (Å²) >= 11 is 0. The second kappa shape index (κ2) is 12.7. The van der Waals surface area contributed by atoms with Gasteiger partial charge in [0.25, 0.3) is 11.1 Å². The van der Waals surface area contributed by atoms with E-state index in [-0.39, 0.29) is 21.3 Å². The highest BCUT2D eigenvalue weighted by Crippen LogP contribution is 2.28. The summed E-state index contributed by atoms with van der Waals surface area (Å²) in [6.45, 7) is 1.82. The van der Waals surface area contributed by atoms with Crippen LogP contribution in [0.3, 0.4) is 0 Å². The van der Waals surface area contributed by atoms with Crippen LogP contribution >= 0.6 is 0 Å². The van der Waals surface area contributed by atoms with E-state index in [2.05, 4.69) is 4.98 Å². The summed E-state index contributed by atoms with van der Waals surface area (Å²) < 4.78 is 132. The largest absolute Gasteiger partial charge is 0.433 e. The van der Waals surface area contributed by atoms with Gasteiger partial charge in [0.15, 0.2) is 5.69 Å². The lowest BCUT2D eigenvalue weighted by Gasteiger charge is -2.16. The zero-order chi connectivity index (χ0) is 34.9. The van der Waals surface area contributed by atoms with Crippen LogP contribution in [0, 0.1) is 52.9 Å². The van der Waals surface area contributed by atoms with Gasteiger partial charge in [-0.1, -0.05) is 0 Å². The highest BCUT2D eigenvalue weighted by Gasteiger charge is 2.36. The monoisotopic (exact) mass is 660 g/mol. The first-order valence-electron chi connectivity index (χ1n) is 12.2. The standard InChI is InChI=1S/C14H8F5N3O2.C13H6F5N3O/c1-2-21-11(14(17,18)19)5-12(23)22(13(21)24)10-4-8(15)7(6-20)3-9(10)16;1-6-20-11(13(16,17)18)4-12(22)21(6)10-3-8(14)7(5-19)2-9(10)15/h3-5H,2H2,1H3;2-4H,1H3. The molecule has 0 spiro atoms. The Morgan fingerprint density at radius 1 is 0.696 bits per heavy atom. The number of nitriles is 2. The predicted octanol–water partition coefficient (Wildman–Crippen LogP) is 4.90. The maximum Gasteiger partial charge on any atom is 0.433 e. The molecule has 4 aromatic rings. The van der Waals surface area contributed by atoms with E-state index in [9.17, 15) is 58.3 Å². The molecule has 0 unspecified atom stereocenters. The first kappa shape index (κ1) is 34.8. The molecule has 2 heterocycles. The molecule has 0 radical (unpaired) electrons. The summed E-state index contributed by atoms with van der Waals surface area (Å²) in [6, 6.07) is 5.03. The summed E-state index contributed by atoms with van der Waals surface area (Å²) in [7, 11) is 0. The van der Waals surface area contributed by atoms with Crippen LogP contribution < -0.4 is 16.8 Å². The molecule has 19 heteroatoms. The predicted molar refractivity (Wildman–Crippen MR) is 136 cm³/mol. The van der Waals surface area contributed by atoms with E-state index in [0.717, 1.165) is 6.92 Å². The van der Waals surface area contributed by atoms with Crippen LogP contribution in [-0.4, -0.2) is 18.7 Å². The molecule has 2 aromatic carbocycles. The number of aromatic nitrogens is 4. The molecule has 0 saturated carbocycles. The molecule has 2 aromatic heterocycles. The Morgan fingerprint density at radius 3 is 1.54 bits per heavy atom. The average Bonchev–Trinajstić information content (AvgIpc) is 2.95. The third-order valence-electron chi connectivity index (χ3n) is 5.97. The summed E-state index contributed by atoms with van der Waals surface area (Å²) in [5.41, 5.74) is -9.86. The van der Waals surface area contributed by atoms with Gasteiger partial charge in [-0.05, 0) is 26.0 Å². The smallest absolute Gasteiger partial charge is 0.289 e. The number of benzene rings is 2. The molecule has 0 aliphatic heterocycles. The van der Waals surface area contributed by atoms with Gasteiger partial charge >= 0.3 is 18.0 Å². The molecular formula is C27H14F10N6O3. The van der Waals surface area contributed by atoms with Crippen LogP contribution in [0.25, 0.3) is 11.4 Å². The van der Waals surface area contributed by atoms with Gasteiger partial charge in [0, 0.05) is 30.8 Å². The molecule has 9 nitrogen and oxygen atoms in total. The summed E-state index contributed by atoms with van der Waals surface area (Å²) in [4.78, 5) is 39.0. The number of rotatable bonds is 3. The minimum Gasteiger partial charge on any atom is -0.289 e. The van der Waals surface area contributed by atoms with Crippen molar-refractivity contribution in [3.05, 3.63) is 119 Å². The zero-order valence-corrected chi connectivity index (χ0v) is 22.9. The van der Waals surface area contributed by atoms with E-state index in [1.54, 1.807) is 0 Å². The van der Waals surface area contributed by atoms with E-state index in [1.807, 2.05) is 0 Å². The fourth-order valence-corrected chi connectivity index (χ4v) is 3.96. The SMILES string of the molecule is CCn1c(C(F)(F)F)cc(=O)n(-c2cc(F)c(C#N)cc2F)c1=O.Cc1nc(C(F)(F)F)cc(=O)n1-c1cc(F)c(C#N)cc1F. The Bertz CT molecular complexity index is 2120. The van der Waals surface area contributed by atoms with Gasteiger partial charge in [-0.15, -0.1) is 0 Å². The number of halogens is 10. The van der Waals surface area contributed by atoms with Gasteiger partial charge in [0.2, 0.25) is 0 Å². The zero-order valence-electron chi connectivity index (χ0n) is 22.9. The second-order valence-electron chi connectivity index (χ2n) is 8.88. The molecule has 240 valence electrons. The van der Waals surface area contributed by atoms with Crippen molar-refractivity contribution in [2.24, 2.45) is 0 Å². The van der Waals surface area contributed by atoms with Gasteiger partial charge in [-0.3, -0.25) is 18.7 Å². The van der Waals surface area contributed by atoms with Crippen molar-refractivity contribution in [1.29, 1.82) is 10.5 Å². The van der Waals surface area contributed by atoms with Crippen LogP contribution in [0.15, 0.2) is 50.8 Å². The van der Waals surface area contributed by atoms with Gasteiger partial charge in [-0.2, -0.15) is 36.9 Å².